The zero-order valence-electron chi connectivity index (χ0n) is 5.95. The van der Waals surface area contributed by atoms with E-state index in [1.807, 2.05) is 0 Å². The first-order chi connectivity index (χ1) is 3.63. The van der Waals surface area contributed by atoms with Crippen LogP contribution in [-0.4, -0.2) is 6.17 Å². The largest absolute Gasteiger partial charge is 0.248 e. The fraction of sp³-hybridized carbons (Fsp3) is 1.00. The van der Waals surface area contributed by atoms with Gasteiger partial charge in [-0.3, -0.25) is 0 Å². The van der Waals surface area contributed by atoms with Crippen LogP contribution in [0.25, 0.3) is 0 Å². The molecule has 50 valence electrons. The third kappa shape index (κ3) is 5.93. The molecule has 0 spiro atoms. The van der Waals surface area contributed by atoms with Gasteiger partial charge in [0.2, 0.25) is 0 Å². The van der Waals surface area contributed by atoms with E-state index in [1.54, 1.807) is 6.92 Å². The van der Waals surface area contributed by atoms with Gasteiger partial charge in [-0.25, -0.2) is 4.39 Å². The Labute approximate surface area is 51.1 Å². The second-order valence-electron chi connectivity index (χ2n) is 2.75. The average molecular weight is 117 g/mol. The Morgan fingerprint density at radius 3 is 1.75 bits per heavy atom. The number of hydrogen-bond acceptors (Lipinski definition) is 0. The molecule has 0 heterocycles. The van der Waals surface area contributed by atoms with Crippen molar-refractivity contribution in [3.05, 3.63) is 0 Å². The highest BCUT2D eigenvalue weighted by Crippen LogP contribution is 2.07. The van der Waals surface area contributed by atoms with Crippen molar-refractivity contribution < 1.29 is 4.39 Å². The predicted octanol–water partition coefficient (Wildman–Crippen LogP) is 2.78. The van der Waals surface area contributed by atoms with Crippen molar-refractivity contribution in [2.24, 2.45) is 5.92 Å². The monoisotopic (exact) mass is 117 g/mol. The second-order valence-corrected chi connectivity index (χ2v) is 2.75. The van der Waals surface area contributed by atoms with Crippen molar-refractivity contribution in [1.29, 1.82) is 0 Å². The molecule has 1 atom stereocenters. The summed E-state index contributed by atoms with van der Waals surface area (Å²) in [6.07, 6.45) is 1.12. The van der Waals surface area contributed by atoms with Gasteiger partial charge in [-0.05, 0) is 25.7 Å². The lowest BCUT2D eigenvalue weighted by Crippen LogP contribution is -1.95. The van der Waals surface area contributed by atoms with Crippen molar-refractivity contribution in [1.82, 2.24) is 0 Å². The molecule has 0 N–H and O–H groups in total. The third-order valence-electron chi connectivity index (χ3n) is 1.14. The number of alkyl halides is 1. The minimum absolute atomic E-state index is 0.614. The van der Waals surface area contributed by atoms with Gasteiger partial charge in [-0.2, -0.15) is 0 Å². The van der Waals surface area contributed by atoms with Gasteiger partial charge in [-0.15, -0.1) is 0 Å². The lowest BCUT2D eigenvalue weighted by molar-refractivity contribution is 0.318. The Morgan fingerprint density at radius 1 is 1.12 bits per heavy atom. The average Bonchev–Trinajstić information content (AvgIpc) is 1.61. The zero-order chi connectivity index (χ0) is 6.57. The maximum absolute atomic E-state index is 12.1. The molecule has 0 fully saturated rings. The summed E-state index contributed by atoms with van der Waals surface area (Å²) < 4.78 is 12.1. The van der Waals surface area contributed by atoms with Gasteiger partial charge >= 0.3 is 0 Å². The summed E-state index contributed by atoms with van der Waals surface area (Å²) in [5.41, 5.74) is 0. The van der Waals surface area contributed by atoms with Gasteiger partial charge in [0.05, 0.1) is 6.17 Å². The van der Waals surface area contributed by atoms with E-state index in [-0.39, 0.29) is 0 Å². The summed E-state index contributed by atoms with van der Waals surface area (Å²) in [5, 5.41) is 0. The van der Waals surface area contributed by atoms with E-state index in [4.69, 9.17) is 0 Å². The van der Waals surface area contributed by atoms with E-state index in [0.717, 1.165) is 12.8 Å². The van der Waals surface area contributed by atoms with E-state index < -0.39 is 6.17 Å². The second kappa shape index (κ2) is 3.88. The standard InChI is InChI=1S/C7H15F/c1-6(2)4-5-7(3)8/h6-7H,4-5H2,1-3H3/t7-/m0/s1/i8-1. The van der Waals surface area contributed by atoms with Crippen LogP contribution in [0.4, 0.5) is 4.39 Å². The van der Waals surface area contributed by atoms with Crippen LogP contribution in [0.2, 0.25) is 0 Å². The van der Waals surface area contributed by atoms with Crippen LogP contribution in [0.3, 0.4) is 0 Å². The van der Waals surface area contributed by atoms with Gasteiger partial charge in [0.25, 0.3) is 0 Å². The summed E-state index contributed by atoms with van der Waals surface area (Å²) in [4.78, 5) is 0. The Balaban J connectivity index is 2.93. The molecule has 0 rings (SSSR count). The van der Waals surface area contributed by atoms with E-state index in [1.165, 1.54) is 0 Å². The first kappa shape index (κ1) is 7.93. The normalized spacial score (nSPS) is 14.6. The Morgan fingerprint density at radius 2 is 1.62 bits per heavy atom. The van der Waals surface area contributed by atoms with E-state index >= 15 is 0 Å². The molecule has 1 heteroatoms. The molecule has 0 amide bonds. The molecular weight excluding hydrogens is 102 g/mol. The van der Waals surface area contributed by atoms with Crippen molar-refractivity contribution in [3.8, 4) is 0 Å². The molecule has 0 saturated carbocycles. The van der Waals surface area contributed by atoms with Crippen LogP contribution in [0.1, 0.15) is 33.6 Å². The molecule has 0 radical (unpaired) electrons. The fourth-order valence-electron chi connectivity index (χ4n) is 0.563. The highest BCUT2D eigenvalue weighted by Gasteiger charge is 1.98. The molecular formula is C7H15F. The third-order valence-corrected chi connectivity index (χ3v) is 1.14. The van der Waals surface area contributed by atoms with E-state index in [9.17, 15) is 4.39 Å². The summed E-state index contributed by atoms with van der Waals surface area (Å²) in [7, 11) is 0. The van der Waals surface area contributed by atoms with E-state index in [2.05, 4.69) is 13.8 Å². The van der Waals surface area contributed by atoms with Crippen molar-refractivity contribution in [2.75, 3.05) is 0 Å². The van der Waals surface area contributed by atoms with Crippen LogP contribution in [-0.2, 0) is 0 Å². The van der Waals surface area contributed by atoms with Gasteiger partial charge in [-0.1, -0.05) is 13.8 Å². The lowest BCUT2D eigenvalue weighted by Gasteiger charge is -2.03. The molecule has 0 aliphatic carbocycles. The number of hydrogen-bond donors (Lipinski definition) is 0. The smallest absolute Gasteiger partial charge is 0.0973 e. The molecule has 0 saturated heterocycles. The number of halogens is 1. The van der Waals surface area contributed by atoms with Crippen molar-refractivity contribution in [2.45, 2.75) is 39.8 Å². The van der Waals surface area contributed by atoms with Gasteiger partial charge in [0.1, 0.15) is 0 Å². The quantitative estimate of drug-likeness (QED) is 0.533. The molecule has 0 unspecified atom stereocenters. The first-order valence-electron chi connectivity index (χ1n) is 3.27. The van der Waals surface area contributed by atoms with Crippen LogP contribution >= 0.6 is 0 Å². The maximum Gasteiger partial charge on any atom is 0.0973 e. The van der Waals surface area contributed by atoms with E-state index in [0.29, 0.717) is 5.92 Å². The zero-order valence-corrected chi connectivity index (χ0v) is 5.95. The summed E-state index contributed by atoms with van der Waals surface area (Å²) in [5.74, 6) is 0.646. The topological polar surface area (TPSA) is 0 Å². The Hall–Kier alpha value is -0.0700. The van der Waals surface area contributed by atoms with Gasteiger partial charge in [0.15, 0.2) is 0 Å². The van der Waals surface area contributed by atoms with Gasteiger partial charge in [0, 0.05) is 0 Å². The lowest BCUT2D eigenvalue weighted by atomic mass is 10.1. The van der Waals surface area contributed by atoms with Crippen LogP contribution in [0.5, 0.6) is 0 Å². The molecule has 0 bridgehead atoms. The molecule has 0 aromatic rings. The maximum atomic E-state index is 12.1. The summed E-state index contributed by atoms with van der Waals surface area (Å²) >= 11 is 0. The predicted molar refractivity (Wildman–Crippen MR) is 34.6 cm³/mol. The first-order valence-corrected chi connectivity index (χ1v) is 3.27. The minimum atomic E-state index is -0.614. The molecule has 0 aromatic heterocycles. The number of rotatable bonds is 3. The van der Waals surface area contributed by atoms with Crippen LogP contribution in [0, 0.1) is 5.92 Å². The van der Waals surface area contributed by atoms with Crippen molar-refractivity contribution in [3.63, 3.8) is 0 Å². The molecule has 0 aliphatic rings. The Bertz CT molecular complexity index is 40.3. The highest BCUT2D eigenvalue weighted by molar-refractivity contribution is 4.50. The van der Waals surface area contributed by atoms with Crippen molar-refractivity contribution >= 4 is 0 Å². The fourth-order valence-corrected chi connectivity index (χ4v) is 0.563. The van der Waals surface area contributed by atoms with Crippen LogP contribution in [0.15, 0.2) is 0 Å². The summed E-state index contributed by atoms with van der Waals surface area (Å²) in [6.45, 7) is 5.84. The molecule has 0 aliphatic heterocycles. The molecule has 8 heavy (non-hydrogen) atoms. The van der Waals surface area contributed by atoms with Crippen LogP contribution < -0.4 is 0 Å². The SMILES string of the molecule is CC(C)CC[C@H](C)[18F]. The highest BCUT2D eigenvalue weighted by atomic mass is 18.2. The minimum Gasteiger partial charge on any atom is -0.248 e. The molecule has 0 aromatic carbocycles. The molecule has 0 nitrogen and oxygen atoms in total. The van der Waals surface area contributed by atoms with Gasteiger partial charge < -0.3 is 0 Å². The summed E-state index contributed by atoms with van der Waals surface area (Å²) in [6, 6.07) is 0. The Kier molecular flexibility index (Phi) is 3.84.